The maximum Gasteiger partial charge on any atom is 0.337 e. The lowest BCUT2D eigenvalue weighted by Gasteiger charge is -2.15. The molecule has 1 unspecified atom stereocenters. The fraction of sp³-hybridized carbons (Fsp3) is 0.182. The van der Waals surface area contributed by atoms with Gasteiger partial charge in [-0.1, -0.05) is 42.5 Å². The number of amides is 1. The Morgan fingerprint density at radius 2 is 1.74 bits per heavy atom. The van der Waals surface area contributed by atoms with E-state index in [1.165, 1.54) is 7.11 Å². The highest BCUT2D eigenvalue weighted by molar-refractivity contribution is 5.89. The molecule has 0 spiro atoms. The smallest absolute Gasteiger partial charge is 0.337 e. The van der Waals surface area contributed by atoms with E-state index in [1.807, 2.05) is 37.3 Å². The first-order valence-electron chi connectivity index (χ1n) is 8.66. The Bertz CT molecular complexity index is 967. The number of hydrogen-bond donors (Lipinski definition) is 1. The van der Waals surface area contributed by atoms with Crippen molar-refractivity contribution in [2.45, 2.75) is 13.0 Å². The van der Waals surface area contributed by atoms with Crippen molar-refractivity contribution in [3.63, 3.8) is 0 Å². The SMILES string of the molecule is COC(=O)c1cccc(OCC(=O)NC(C)c2ccc3ccccc3c2)c1. The number of methoxy groups -OCH3 is 1. The minimum Gasteiger partial charge on any atom is -0.484 e. The topological polar surface area (TPSA) is 64.6 Å². The second kappa shape index (κ2) is 8.36. The van der Waals surface area contributed by atoms with Gasteiger partial charge >= 0.3 is 5.97 Å². The molecule has 1 N–H and O–H groups in total. The molecule has 1 amide bonds. The lowest BCUT2D eigenvalue weighted by atomic mass is 10.0. The number of rotatable bonds is 6. The fourth-order valence-corrected chi connectivity index (χ4v) is 2.82. The van der Waals surface area contributed by atoms with Gasteiger partial charge in [0.15, 0.2) is 6.61 Å². The van der Waals surface area contributed by atoms with Crippen molar-refractivity contribution >= 4 is 22.6 Å². The Morgan fingerprint density at radius 3 is 2.52 bits per heavy atom. The Labute approximate surface area is 157 Å². The lowest BCUT2D eigenvalue weighted by molar-refractivity contribution is -0.123. The van der Waals surface area contributed by atoms with Crippen LogP contribution in [0.5, 0.6) is 5.75 Å². The third-order valence-electron chi connectivity index (χ3n) is 4.28. The fourth-order valence-electron chi connectivity index (χ4n) is 2.82. The number of benzene rings is 3. The molecule has 0 radical (unpaired) electrons. The maximum atomic E-state index is 12.2. The van der Waals surface area contributed by atoms with E-state index >= 15 is 0 Å². The van der Waals surface area contributed by atoms with Gasteiger partial charge in [-0.25, -0.2) is 4.79 Å². The van der Waals surface area contributed by atoms with Gasteiger partial charge in [0.25, 0.3) is 5.91 Å². The molecule has 0 fully saturated rings. The average Bonchev–Trinajstić information content (AvgIpc) is 2.71. The van der Waals surface area contributed by atoms with Crippen molar-refractivity contribution in [1.82, 2.24) is 5.32 Å². The molecule has 5 heteroatoms. The molecule has 0 bridgehead atoms. The molecule has 0 aromatic heterocycles. The van der Waals surface area contributed by atoms with Gasteiger partial charge in [0.05, 0.1) is 18.7 Å². The predicted molar refractivity (Wildman–Crippen MR) is 104 cm³/mol. The van der Waals surface area contributed by atoms with Gasteiger partial charge in [-0.15, -0.1) is 0 Å². The van der Waals surface area contributed by atoms with Crippen molar-refractivity contribution in [3.8, 4) is 5.75 Å². The van der Waals surface area contributed by atoms with E-state index in [4.69, 9.17) is 4.74 Å². The van der Waals surface area contributed by atoms with E-state index in [0.717, 1.165) is 16.3 Å². The number of carbonyl (C=O) groups is 2. The van der Waals surface area contributed by atoms with Gasteiger partial charge in [-0.3, -0.25) is 4.79 Å². The first-order chi connectivity index (χ1) is 13.1. The molecule has 5 nitrogen and oxygen atoms in total. The van der Waals surface area contributed by atoms with E-state index in [9.17, 15) is 9.59 Å². The van der Waals surface area contributed by atoms with Crippen LogP contribution in [-0.2, 0) is 9.53 Å². The van der Waals surface area contributed by atoms with Crippen LogP contribution < -0.4 is 10.1 Å². The Kier molecular flexibility index (Phi) is 5.71. The lowest BCUT2D eigenvalue weighted by Crippen LogP contribution is -2.31. The van der Waals surface area contributed by atoms with Crippen LogP contribution in [-0.4, -0.2) is 25.6 Å². The Balaban J connectivity index is 1.59. The van der Waals surface area contributed by atoms with Crippen LogP contribution in [0.2, 0.25) is 0 Å². The summed E-state index contributed by atoms with van der Waals surface area (Å²) in [6, 6.07) is 20.6. The monoisotopic (exact) mass is 363 g/mol. The normalized spacial score (nSPS) is 11.6. The second-order valence-electron chi connectivity index (χ2n) is 6.20. The molecule has 3 rings (SSSR count). The van der Waals surface area contributed by atoms with Crippen LogP contribution in [0.4, 0.5) is 0 Å². The molecule has 3 aromatic carbocycles. The third kappa shape index (κ3) is 4.64. The first-order valence-corrected chi connectivity index (χ1v) is 8.66. The largest absolute Gasteiger partial charge is 0.484 e. The summed E-state index contributed by atoms with van der Waals surface area (Å²) in [5, 5.41) is 5.22. The van der Waals surface area contributed by atoms with Gasteiger partial charge < -0.3 is 14.8 Å². The number of nitrogens with one attached hydrogen (secondary N) is 1. The zero-order valence-corrected chi connectivity index (χ0v) is 15.3. The minimum atomic E-state index is -0.449. The molecule has 0 heterocycles. The average molecular weight is 363 g/mol. The van der Waals surface area contributed by atoms with Gasteiger partial charge in [0.2, 0.25) is 0 Å². The van der Waals surface area contributed by atoms with Crippen LogP contribution in [0.15, 0.2) is 66.7 Å². The van der Waals surface area contributed by atoms with Crippen LogP contribution in [0.1, 0.15) is 28.9 Å². The number of hydrogen-bond acceptors (Lipinski definition) is 4. The number of carbonyl (C=O) groups excluding carboxylic acids is 2. The summed E-state index contributed by atoms with van der Waals surface area (Å²) in [7, 11) is 1.32. The summed E-state index contributed by atoms with van der Waals surface area (Å²) in [5.74, 6) is -0.250. The van der Waals surface area contributed by atoms with Crippen LogP contribution >= 0.6 is 0 Å². The molecule has 0 saturated heterocycles. The molecule has 0 aliphatic carbocycles. The van der Waals surface area contributed by atoms with Crippen molar-refractivity contribution in [1.29, 1.82) is 0 Å². The van der Waals surface area contributed by atoms with Gasteiger partial charge in [0, 0.05) is 0 Å². The van der Waals surface area contributed by atoms with Gasteiger partial charge in [0.1, 0.15) is 5.75 Å². The second-order valence-corrected chi connectivity index (χ2v) is 6.20. The molecule has 27 heavy (non-hydrogen) atoms. The van der Waals surface area contributed by atoms with Crippen molar-refractivity contribution in [2.75, 3.05) is 13.7 Å². The molecule has 3 aromatic rings. The van der Waals surface area contributed by atoms with Gasteiger partial charge in [-0.05, 0) is 47.5 Å². The highest BCUT2D eigenvalue weighted by Gasteiger charge is 2.12. The minimum absolute atomic E-state index is 0.136. The summed E-state index contributed by atoms with van der Waals surface area (Å²) in [6.07, 6.45) is 0. The summed E-state index contributed by atoms with van der Waals surface area (Å²) in [6.45, 7) is 1.79. The highest BCUT2D eigenvalue weighted by Crippen LogP contribution is 2.20. The molecule has 138 valence electrons. The van der Waals surface area contributed by atoms with Gasteiger partial charge in [-0.2, -0.15) is 0 Å². The molecule has 0 aliphatic rings. The third-order valence-corrected chi connectivity index (χ3v) is 4.28. The van der Waals surface area contributed by atoms with Crippen LogP contribution in [0.3, 0.4) is 0 Å². The van der Waals surface area contributed by atoms with E-state index < -0.39 is 5.97 Å². The number of esters is 1. The van der Waals surface area contributed by atoms with E-state index in [-0.39, 0.29) is 18.6 Å². The molecular formula is C22H21NO4. The van der Waals surface area contributed by atoms with Crippen molar-refractivity contribution in [3.05, 3.63) is 77.9 Å². The summed E-state index contributed by atoms with van der Waals surface area (Å²) in [4.78, 5) is 23.8. The van der Waals surface area contributed by atoms with Crippen molar-refractivity contribution in [2.24, 2.45) is 0 Å². The molecule has 0 aliphatic heterocycles. The summed E-state index contributed by atoms with van der Waals surface area (Å²) < 4.78 is 10.2. The van der Waals surface area contributed by atoms with Crippen molar-refractivity contribution < 1.29 is 19.1 Å². The zero-order chi connectivity index (χ0) is 19.2. The van der Waals surface area contributed by atoms with E-state index in [0.29, 0.717) is 11.3 Å². The standard InChI is InChI=1S/C22H21NO4/c1-15(17-11-10-16-6-3-4-7-18(16)12-17)23-21(24)14-27-20-9-5-8-19(13-20)22(25)26-2/h3-13,15H,14H2,1-2H3,(H,23,24). The molecular weight excluding hydrogens is 342 g/mol. The number of fused-ring (bicyclic) bond motifs is 1. The Hall–Kier alpha value is -3.34. The van der Waals surface area contributed by atoms with Crippen LogP contribution in [0.25, 0.3) is 10.8 Å². The predicted octanol–water partition coefficient (Wildman–Crippen LogP) is 3.88. The number of ether oxygens (including phenoxy) is 2. The Morgan fingerprint density at radius 1 is 0.963 bits per heavy atom. The first kappa shape index (κ1) is 18.5. The summed E-state index contributed by atoms with van der Waals surface area (Å²) >= 11 is 0. The molecule has 1 atom stereocenters. The highest BCUT2D eigenvalue weighted by atomic mass is 16.5. The van der Waals surface area contributed by atoms with E-state index in [1.54, 1.807) is 24.3 Å². The maximum absolute atomic E-state index is 12.2. The quantitative estimate of drug-likeness (QED) is 0.675. The van der Waals surface area contributed by atoms with E-state index in [2.05, 4.69) is 22.2 Å². The van der Waals surface area contributed by atoms with Crippen LogP contribution in [0, 0.1) is 0 Å². The summed E-state index contributed by atoms with van der Waals surface area (Å²) in [5.41, 5.74) is 1.40. The zero-order valence-electron chi connectivity index (χ0n) is 15.3. The molecule has 0 saturated carbocycles.